The summed E-state index contributed by atoms with van der Waals surface area (Å²) in [5, 5.41) is 4.76. The van der Waals surface area contributed by atoms with Crippen LogP contribution in [0.4, 0.5) is 0 Å². The van der Waals surface area contributed by atoms with Crippen molar-refractivity contribution in [3.05, 3.63) is 71.1 Å². The molecular formula is C20H17N3O2S. The van der Waals surface area contributed by atoms with E-state index in [0.717, 1.165) is 27.4 Å². The Morgan fingerprint density at radius 1 is 1.19 bits per heavy atom. The minimum atomic E-state index is -0.241. The number of aryl methyl sites for hydroxylation is 1. The minimum Gasteiger partial charge on any atom is -0.459 e. The Morgan fingerprint density at radius 2 is 2.00 bits per heavy atom. The van der Waals surface area contributed by atoms with Gasteiger partial charge in [0.05, 0.1) is 17.4 Å². The van der Waals surface area contributed by atoms with Crippen LogP contribution in [0.15, 0.2) is 59.1 Å². The third kappa shape index (κ3) is 3.11. The molecule has 26 heavy (non-hydrogen) atoms. The maximum absolute atomic E-state index is 12.7. The molecule has 130 valence electrons. The van der Waals surface area contributed by atoms with E-state index in [2.05, 4.69) is 15.3 Å². The molecule has 5 nitrogen and oxygen atoms in total. The van der Waals surface area contributed by atoms with Crippen molar-refractivity contribution in [2.24, 2.45) is 0 Å². The molecule has 4 rings (SSSR count). The van der Waals surface area contributed by atoms with E-state index in [1.807, 2.05) is 62.4 Å². The number of benzene rings is 1. The van der Waals surface area contributed by atoms with Gasteiger partial charge in [0.1, 0.15) is 21.2 Å². The number of carbonyl (C=O) groups excluding carboxylic acids is 1. The summed E-state index contributed by atoms with van der Waals surface area (Å²) in [6.45, 7) is 3.75. The van der Waals surface area contributed by atoms with Gasteiger partial charge in [-0.1, -0.05) is 24.3 Å². The summed E-state index contributed by atoms with van der Waals surface area (Å²) in [6, 6.07) is 15.2. The van der Waals surface area contributed by atoms with E-state index in [4.69, 9.17) is 4.42 Å². The first-order valence-corrected chi connectivity index (χ1v) is 9.11. The van der Waals surface area contributed by atoms with Crippen LogP contribution in [-0.4, -0.2) is 15.9 Å². The zero-order valence-electron chi connectivity index (χ0n) is 14.4. The molecule has 1 atom stereocenters. The average Bonchev–Trinajstić information content (AvgIpc) is 3.26. The van der Waals surface area contributed by atoms with Crippen LogP contribution >= 0.6 is 11.3 Å². The number of furan rings is 1. The van der Waals surface area contributed by atoms with Crippen molar-refractivity contribution < 1.29 is 9.21 Å². The van der Waals surface area contributed by atoms with Crippen molar-refractivity contribution >= 4 is 28.2 Å². The predicted octanol–water partition coefficient (Wildman–Crippen LogP) is 4.75. The smallest absolute Gasteiger partial charge is 0.263 e. The number of hydrogen-bond donors (Lipinski definition) is 1. The lowest BCUT2D eigenvalue weighted by molar-refractivity contribution is 0.0939. The van der Waals surface area contributed by atoms with Crippen LogP contribution in [-0.2, 0) is 0 Å². The third-order valence-electron chi connectivity index (χ3n) is 4.11. The molecule has 0 aliphatic carbocycles. The van der Waals surface area contributed by atoms with E-state index in [0.29, 0.717) is 10.6 Å². The van der Waals surface area contributed by atoms with Crippen LogP contribution in [0.1, 0.15) is 34.1 Å². The number of aromatic nitrogens is 2. The maximum Gasteiger partial charge on any atom is 0.263 e. The Balaban J connectivity index is 1.55. The number of fused-ring (bicyclic) bond motifs is 1. The van der Waals surface area contributed by atoms with E-state index < -0.39 is 0 Å². The molecule has 3 aromatic heterocycles. The van der Waals surface area contributed by atoms with Gasteiger partial charge in [0.2, 0.25) is 0 Å². The molecule has 0 radical (unpaired) electrons. The molecule has 1 aromatic carbocycles. The van der Waals surface area contributed by atoms with Crippen LogP contribution in [0.3, 0.4) is 0 Å². The Bertz CT molecular complexity index is 1040. The summed E-state index contributed by atoms with van der Waals surface area (Å²) >= 11 is 1.35. The van der Waals surface area contributed by atoms with Crippen LogP contribution in [0.25, 0.3) is 21.7 Å². The molecule has 0 aliphatic rings. The number of pyridine rings is 1. The van der Waals surface area contributed by atoms with Crippen molar-refractivity contribution in [1.82, 2.24) is 15.3 Å². The second-order valence-corrected chi connectivity index (χ2v) is 7.03. The summed E-state index contributed by atoms with van der Waals surface area (Å²) in [7, 11) is 0. The zero-order chi connectivity index (χ0) is 18.1. The first-order valence-electron chi connectivity index (χ1n) is 8.30. The standard InChI is InChI=1S/C20H17N3O2S/c1-12(17-11-14-7-3-4-9-16(14)25-17)22-19(24)18-13(2)23-20(26-18)15-8-5-6-10-21-15/h3-12H,1-2H3,(H,22,24). The van der Waals surface area contributed by atoms with Crippen molar-refractivity contribution in [1.29, 1.82) is 0 Å². The highest BCUT2D eigenvalue weighted by Crippen LogP contribution is 2.28. The normalized spacial score (nSPS) is 12.2. The average molecular weight is 363 g/mol. The molecule has 0 saturated carbocycles. The molecule has 0 bridgehead atoms. The highest BCUT2D eigenvalue weighted by molar-refractivity contribution is 7.17. The van der Waals surface area contributed by atoms with Gasteiger partial charge in [0.25, 0.3) is 5.91 Å². The molecular weight excluding hydrogens is 346 g/mol. The first kappa shape index (κ1) is 16.5. The number of nitrogens with one attached hydrogen (secondary N) is 1. The van der Waals surface area contributed by atoms with E-state index in [1.54, 1.807) is 6.20 Å². The van der Waals surface area contributed by atoms with Gasteiger partial charge in [-0.25, -0.2) is 4.98 Å². The highest BCUT2D eigenvalue weighted by atomic mass is 32.1. The highest BCUT2D eigenvalue weighted by Gasteiger charge is 2.20. The Hall–Kier alpha value is -2.99. The fraction of sp³-hybridized carbons (Fsp3) is 0.150. The molecule has 3 heterocycles. The maximum atomic E-state index is 12.7. The molecule has 1 amide bonds. The number of para-hydroxylation sites is 1. The van der Waals surface area contributed by atoms with Gasteiger partial charge < -0.3 is 9.73 Å². The van der Waals surface area contributed by atoms with Crippen molar-refractivity contribution in [3.8, 4) is 10.7 Å². The topological polar surface area (TPSA) is 68.0 Å². The van der Waals surface area contributed by atoms with E-state index >= 15 is 0 Å². The van der Waals surface area contributed by atoms with Gasteiger partial charge in [-0.2, -0.15) is 0 Å². The summed E-state index contributed by atoms with van der Waals surface area (Å²) in [5.41, 5.74) is 2.28. The van der Waals surface area contributed by atoms with Gasteiger partial charge in [-0.15, -0.1) is 11.3 Å². The molecule has 1 unspecified atom stereocenters. The van der Waals surface area contributed by atoms with E-state index in [1.165, 1.54) is 11.3 Å². The Morgan fingerprint density at radius 3 is 2.77 bits per heavy atom. The number of rotatable bonds is 4. The molecule has 6 heteroatoms. The third-order valence-corrected chi connectivity index (χ3v) is 5.28. The fourth-order valence-corrected chi connectivity index (χ4v) is 3.70. The predicted molar refractivity (Wildman–Crippen MR) is 102 cm³/mol. The van der Waals surface area contributed by atoms with E-state index in [-0.39, 0.29) is 11.9 Å². The monoisotopic (exact) mass is 363 g/mol. The van der Waals surface area contributed by atoms with Crippen molar-refractivity contribution in [2.75, 3.05) is 0 Å². The molecule has 1 N–H and O–H groups in total. The summed E-state index contributed by atoms with van der Waals surface area (Å²) in [4.78, 5) is 22.1. The zero-order valence-corrected chi connectivity index (χ0v) is 15.2. The molecule has 0 fully saturated rings. The second-order valence-electron chi connectivity index (χ2n) is 6.03. The number of hydrogen-bond acceptors (Lipinski definition) is 5. The summed E-state index contributed by atoms with van der Waals surface area (Å²) in [6.07, 6.45) is 1.72. The van der Waals surface area contributed by atoms with Gasteiger partial charge in [-0.05, 0) is 38.1 Å². The lowest BCUT2D eigenvalue weighted by Gasteiger charge is -2.10. The Kier molecular flexibility index (Phi) is 4.26. The van der Waals surface area contributed by atoms with Crippen LogP contribution < -0.4 is 5.32 Å². The SMILES string of the molecule is Cc1nc(-c2ccccn2)sc1C(=O)NC(C)c1cc2ccccc2o1. The van der Waals surface area contributed by atoms with Gasteiger partial charge in [0.15, 0.2) is 0 Å². The summed E-state index contributed by atoms with van der Waals surface area (Å²) < 4.78 is 5.83. The molecule has 4 aromatic rings. The van der Waals surface area contributed by atoms with Crippen molar-refractivity contribution in [3.63, 3.8) is 0 Å². The molecule has 0 aliphatic heterocycles. The largest absolute Gasteiger partial charge is 0.459 e. The van der Waals surface area contributed by atoms with Gasteiger partial charge in [-0.3, -0.25) is 9.78 Å². The quantitative estimate of drug-likeness (QED) is 0.568. The number of carbonyl (C=O) groups is 1. The van der Waals surface area contributed by atoms with Crippen LogP contribution in [0.2, 0.25) is 0 Å². The first-order chi connectivity index (χ1) is 12.6. The number of nitrogens with zero attached hydrogens (tertiary/aromatic N) is 2. The minimum absolute atomic E-state index is 0.157. The summed E-state index contributed by atoms with van der Waals surface area (Å²) in [5.74, 6) is 0.571. The molecule has 0 spiro atoms. The fourth-order valence-electron chi connectivity index (χ4n) is 2.76. The lowest BCUT2D eigenvalue weighted by Crippen LogP contribution is -2.26. The second kappa shape index (κ2) is 6.72. The van der Waals surface area contributed by atoms with E-state index in [9.17, 15) is 4.79 Å². The lowest BCUT2D eigenvalue weighted by atomic mass is 10.2. The number of amides is 1. The van der Waals surface area contributed by atoms with Gasteiger partial charge >= 0.3 is 0 Å². The number of thiazole rings is 1. The van der Waals surface area contributed by atoms with Crippen molar-refractivity contribution in [2.45, 2.75) is 19.9 Å². The van der Waals surface area contributed by atoms with Gasteiger partial charge in [0, 0.05) is 11.6 Å². The Labute approximate surface area is 154 Å². The van der Waals surface area contributed by atoms with Crippen LogP contribution in [0, 0.1) is 6.92 Å². The molecule has 0 saturated heterocycles. The van der Waals surface area contributed by atoms with Crippen LogP contribution in [0.5, 0.6) is 0 Å².